The second-order valence-corrected chi connectivity index (χ2v) is 2.91. The molecule has 0 spiro atoms. The summed E-state index contributed by atoms with van der Waals surface area (Å²) in [6, 6.07) is 3.00. The van der Waals surface area contributed by atoms with E-state index in [1.165, 1.54) is 19.2 Å². The van der Waals surface area contributed by atoms with Gasteiger partial charge in [-0.25, -0.2) is 0 Å². The molecule has 0 unspecified atom stereocenters. The standard InChI is InChI=1S/C11H12O3/c1-4-9(12)8-6-11(14-3)7(2)5-10(8)13/h4-6,13H,1H2,2-3H3. The Morgan fingerprint density at radius 2 is 2.21 bits per heavy atom. The Morgan fingerprint density at radius 1 is 1.57 bits per heavy atom. The summed E-state index contributed by atoms with van der Waals surface area (Å²) < 4.78 is 5.04. The van der Waals surface area contributed by atoms with E-state index in [4.69, 9.17) is 4.74 Å². The topological polar surface area (TPSA) is 46.5 Å². The summed E-state index contributed by atoms with van der Waals surface area (Å²) in [6.45, 7) is 5.15. The largest absolute Gasteiger partial charge is 0.507 e. The summed E-state index contributed by atoms with van der Waals surface area (Å²) in [5.74, 6) is 0.210. The first-order chi connectivity index (χ1) is 6.60. The number of hydrogen-bond donors (Lipinski definition) is 1. The van der Waals surface area contributed by atoms with Gasteiger partial charge in [-0.3, -0.25) is 4.79 Å². The Bertz CT molecular complexity index is 380. The van der Waals surface area contributed by atoms with Crippen molar-refractivity contribution in [2.45, 2.75) is 6.92 Å². The molecule has 0 aliphatic rings. The maximum atomic E-state index is 11.3. The smallest absolute Gasteiger partial charge is 0.189 e. The van der Waals surface area contributed by atoms with Gasteiger partial charge in [0.1, 0.15) is 11.5 Å². The van der Waals surface area contributed by atoms with E-state index >= 15 is 0 Å². The van der Waals surface area contributed by atoms with Crippen LogP contribution in [0.2, 0.25) is 0 Å². The van der Waals surface area contributed by atoms with Gasteiger partial charge < -0.3 is 9.84 Å². The zero-order valence-corrected chi connectivity index (χ0v) is 8.20. The second-order valence-electron chi connectivity index (χ2n) is 2.91. The number of methoxy groups -OCH3 is 1. The number of ketones is 1. The number of carbonyl (C=O) groups is 1. The first-order valence-corrected chi connectivity index (χ1v) is 4.14. The zero-order valence-electron chi connectivity index (χ0n) is 8.20. The van der Waals surface area contributed by atoms with Crippen LogP contribution < -0.4 is 4.74 Å². The molecule has 0 radical (unpaired) electrons. The van der Waals surface area contributed by atoms with E-state index < -0.39 is 0 Å². The number of aryl methyl sites for hydroxylation is 1. The van der Waals surface area contributed by atoms with Crippen LogP contribution in [-0.4, -0.2) is 18.0 Å². The Kier molecular flexibility index (Phi) is 2.92. The van der Waals surface area contributed by atoms with Gasteiger partial charge >= 0.3 is 0 Å². The molecule has 0 fully saturated rings. The van der Waals surface area contributed by atoms with Gasteiger partial charge in [-0.15, -0.1) is 0 Å². The molecule has 0 aromatic heterocycles. The fourth-order valence-electron chi connectivity index (χ4n) is 1.20. The van der Waals surface area contributed by atoms with Crippen molar-refractivity contribution in [3.05, 3.63) is 35.9 Å². The molecule has 3 heteroatoms. The van der Waals surface area contributed by atoms with Crippen molar-refractivity contribution in [1.82, 2.24) is 0 Å². The molecule has 0 aliphatic carbocycles. The molecule has 3 nitrogen and oxygen atoms in total. The summed E-state index contributed by atoms with van der Waals surface area (Å²) in [5, 5.41) is 9.49. The van der Waals surface area contributed by atoms with Crippen LogP contribution in [0.15, 0.2) is 24.8 Å². The predicted molar refractivity (Wildman–Crippen MR) is 53.9 cm³/mol. The number of benzene rings is 1. The molecule has 1 aromatic carbocycles. The number of allylic oxidation sites excluding steroid dienone is 1. The van der Waals surface area contributed by atoms with E-state index in [0.717, 1.165) is 11.6 Å². The van der Waals surface area contributed by atoms with Gasteiger partial charge in [0.2, 0.25) is 0 Å². The van der Waals surface area contributed by atoms with Crippen LogP contribution in [0.4, 0.5) is 0 Å². The summed E-state index contributed by atoms with van der Waals surface area (Å²) in [6.07, 6.45) is 1.16. The minimum absolute atomic E-state index is 0.0480. The van der Waals surface area contributed by atoms with E-state index in [2.05, 4.69) is 6.58 Å². The first-order valence-electron chi connectivity index (χ1n) is 4.14. The number of rotatable bonds is 3. The van der Waals surface area contributed by atoms with E-state index in [1.54, 1.807) is 6.92 Å². The van der Waals surface area contributed by atoms with Crippen LogP contribution in [0.25, 0.3) is 0 Å². The number of aromatic hydroxyl groups is 1. The van der Waals surface area contributed by atoms with Crippen LogP contribution >= 0.6 is 0 Å². The molecule has 0 bridgehead atoms. The molecule has 0 saturated carbocycles. The number of phenolic OH excluding ortho intramolecular Hbond substituents is 1. The van der Waals surface area contributed by atoms with Crippen molar-refractivity contribution in [2.75, 3.05) is 7.11 Å². The summed E-state index contributed by atoms with van der Waals surface area (Å²) in [7, 11) is 1.52. The van der Waals surface area contributed by atoms with Crippen molar-refractivity contribution < 1.29 is 14.6 Å². The molecule has 0 atom stereocenters. The highest BCUT2D eigenvalue weighted by molar-refractivity contribution is 6.06. The average molecular weight is 192 g/mol. The normalized spacial score (nSPS) is 9.57. The first kappa shape index (κ1) is 10.3. The molecule has 0 amide bonds. The molecular formula is C11H12O3. The summed E-state index contributed by atoms with van der Waals surface area (Å²) >= 11 is 0. The van der Waals surface area contributed by atoms with Crippen molar-refractivity contribution in [2.24, 2.45) is 0 Å². The van der Waals surface area contributed by atoms with Gasteiger partial charge in [0.15, 0.2) is 5.78 Å². The molecule has 1 rings (SSSR count). The highest BCUT2D eigenvalue weighted by atomic mass is 16.5. The van der Waals surface area contributed by atoms with Gasteiger partial charge in [0.25, 0.3) is 0 Å². The lowest BCUT2D eigenvalue weighted by Gasteiger charge is -2.07. The van der Waals surface area contributed by atoms with E-state index in [0.29, 0.717) is 5.75 Å². The average Bonchev–Trinajstić information content (AvgIpc) is 2.17. The SMILES string of the molecule is C=CC(=O)c1cc(OC)c(C)cc1O. The van der Waals surface area contributed by atoms with E-state index in [-0.39, 0.29) is 17.1 Å². The van der Waals surface area contributed by atoms with Crippen LogP contribution in [0.5, 0.6) is 11.5 Å². The molecular weight excluding hydrogens is 180 g/mol. The minimum Gasteiger partial charge on any atom is -0.507 e. The molecule has 74 valence electrons. The maximum absolute atomic E-state index is 11.3. The number of ether oxygens (including phenoxy) is 1. The number of phenols is 1. The maximum Gasteiger partial charge on any atom is 0.189 e. The summed E-state index contributed by atoms with van der Waals surface area (Å²) in [4.78, 5) is 11.3. The highest BCUT2D eigenvalue weighted by Gasteiger charge is 2.11. The van der Waals surface area contributed by atoms with Gasteiger partial charge in [-0.1, -0.05) is 6.58 Å². The van der Waals surface area contributed by atoms with E-state index in [1.807, 2.05) is 0 Å². The van der Waals surface area contributed by atoms with Crippen LogP contribution in [0, 0.1) is 6.92 Å². The van der Waals surface area contributed by atoms with Crippen LogP contribution in [-0.2, 0) is 0 Å². The van der Waals surface area contributed by atoms with Crippen LogP contribution in [0.3, 0.4) is 0 Å². The third kappa shape index (κ3) is 1.76. The molecule has 14 heavy (non-hydrogen) atoms. The molecule has 0 aliphatic heterocycles. The Morgan fingerprint density at radius 3 is 2.71 bits per heavy atom. The molecule has 0 saturated heterocycles. The highest BCUT2D eigenvalue weighted by Crippen LogP contribution is 2.27. The van der Waals surface area contributed by atoms with Crippen molar-refractivity contribution in [3.8, 4) is 11.5 Å². The van der Waals surface area contributed by atoms with Gasteiger partial charge in [-0.2, -0.15) is 0 Å². The van der Waals surface area contributed by atoms with Crippen molar-refractivity contribution >= 4 is 5.78 Å². The third-order valence-electron chi connectivity index (χ3n) is 1.96. The van der Waals surface area contributed by atoms with Crippen LogP contribution in [0.1, 0.15) is 15.9 Å². The Balaban J connectivity index is 3.30. The predicted octanol–water partition coefficient (Wildman–Crippen LogP) is 2.08. The zero-order chi connectivity index (χ0) is 10.7. The van der Waals surface area contributed by atoms with Gasteiger partial charge in [0, 0.05) is 0 Å². The molecule has 1 aromatic rings. The van der Waals surface area contributed by atoms with Gasteiger partial charge in [-0.05, 0) is 30.7 Å². The lowest BCUT2D eigenvalue weighted by molar-refractivity contribution is 0.104. The Hall–Kier alpha value is -1.77. The molecule has 1 N–H and O–H groups in total. The molecule has 0 heterocycles. The second kappa shape index (κ2) is 3.96. The van der Waals surface area contributed by atoms with Crippen molar-refractivity contribution in [1.29, 1.82) is 0 Å². The fraction of sp³-hybridized carbons (Fsp3) is 0.182. The number of hydrogen-bond acceptors (Lipinski definition) is 3. The monoisotopic (exact) mass is 192 g/mol. The lowest BCUT2D eigenvalue weighted by Crippen LogP contribution is -1.97. The third-order valence-corrected chi connectivity index (χ3v) is 1.96. The van der Waals surface area contributed by atoms with Gasteiger partial charge in [0.05, 0.1) is 12.7 Å². The fourth-order valence-corrected chi connectivity index (χ4v) is 1.20. The minimum atomic E-state index is -0.319. The lowest BCUT2D eigenvalue weighted by atomic mass is 10.1. The number of carbonyl (C=O) groups excluding carboxylic acids is 1. The van der Waals surface area contributed by atoms with E-state index in [9.17, 15) is 9.90 Å². The Labute approximate surface area is 82.6 Å². The van der Waals surface area contributed by atoms with Crippen molar-refractivity contribution in [3.63, 3.8) is 0 Å². The summed E-state index contributed by atoms with van der Waals surface area (Å²) in [5.41, 5.74) is 0.994. The quantitative estimate of drug-likeness (QED) is 0.589.